The zero-order valence-electron chi connectivity index (χ0n) is 17.5. The van der Waals surface area contributed by atoms with Crippen molar-refractivity contribution >= 4 is 28.8 Å². The van der Waals surface area contributed by atoms with Crippen molar-refractivity contribution in [3.05, 3.63) is 70.5 Å². The number of esters is 1. The van der Waals surface area contributed by atoms with Crippen LogP contribution in [0.15, 0.2) is 60.1 Å². The van der Waals surface area contributed by atoms with Crippen LogP contribution in [0.25, 0.3) is 16.9 Å². The van der Waals surface area contributed by atoms with Gasteiger partial charge in [-0.3, -0.25) is 4.40 Å². The van der Waals surface area contributed by atoms with Gasteiger partial charge in [0.25, 0.3) is 0 Å². The number of carbonyl (C=O) groups excluding carboxylic acids is 1. The number of nitrogens with zero attached hydrogens (tertiary/aromatic N) is 2. The molecule has 1 fully saturated rings. The molecule has 5 nitrogen and oxygen atoms in total. The fraction of sp³-hybridized carbons (Fsp3) is 0.280. The molecule has 5 rings (SSSR count). The first-order valence-corrected chi connectivity index (χ1v) is 11.7. The van der Waals surface area contributed by atoms with E-state index in [2.05, 4.69) is 35.0 Å². The van der Waals surface area contributed by atoms with Gasteiger partial charge in [0.1, 0.15) is 27.8 Å². The van der Waals surface area contributed by atoms with Crippen molar-refractivity contribution in [2.24, 2.45) is 0 Å². The maximum Gasteiger partial charge on any atom is 0.353 e. The lowest BCUT2D eigenvalue weighted by molar-refractivity contribution is 0.0740. The number of fused-ring (bicyclic) bond motifs is 1. The third-order valence-corrected chi connectivity index (χ3v) is 6.62. The van der Waals surface area contributed by atoms with E-state index in [9.17, 15) is 4.79 Å². The Bertz CT molecular complexity index is 1210. The number of pyridine rings is 1. The largest absolute Gasteiger partial charge is 0.422 e. The summed E-state index contributed by atoms with van der Waals surface area (Å²) in [6.07, 6.45) is 8.27. The number of hydrogen-bond acceptors (Lipinski definition) is 5. The summed E-state index contributed by atoms with van der Waals surface area (Å²) in [6.45, 7) is 2.08. The Labute approximate surface area is 185 Å². The monoisotopic (exact) mass is 431 g/mol. The first-order chi connectivity index (χ1) is 15.2. The van der Waals surface area contributed by atoms with Crippen molar-refractivity contribution in [1.29, 1.82) is 0 Å². The van der Waals surface area contributed by atoms with Crippen molar-refractivity contribution in [2.45, 2.75) is 45.1 Å². The quantitative estimate of drug-likeness (QED) is 0.296. The van der Waals surface area contributed by atoms with E-state index in [1.807, 2.05) is 35.7 Å². The molecule has 158 valence electrons. The van der Waals surface area contributed by atoms with Gasteiger partial charge >= 0.3 is 5.97 Å². The molecule has 0 radical (unpaired) electrons. The predicted molar refractivity (Wildman–Crippen MR) is 125 cm³/mol. The summed E-state index contributed by atoms with van der Waals surface area (Å²) in [6, 6.07) is 15.9. The highest BCUT2D eigenvalue weighted by Gasteiger charge is 2.20. The summed E-state index contributed by atoms with van der Waals surface area (Å²) in [5.41, 5.74) is 3.89. The van der Waals surface area contributed by atoms with Crippen LogP contribution in [-0.4, -0.2) is 21.4 Å². The Morgan fingerprint density at radius 3 is 2.81 bits per heavy atom. The molecule has 1 aliphatic rings. The van der Waals surface area contributed by atoms with Gasteiger partial charge in [-0.2, -0.15) is 0 Å². The van der Waals surface area contributed by atoms with E-state index in [1.54, 1.807) is 6.07 Å². The van der Waals surface area contributed by atoms with E-state index in [-0.39, 0.29) is 5.97 Å². The van der Waals surface area contributed by atoms with Crippen molar-refractivity contribution < 1.29 is 9.53 Å². The SMILES string of the molecule is Cc1ccn2c(NC3CCCCC3)c(-c3cccc(OC(=O)c4cccs4)c3)nc2c1. The normalized spacial score (nSPS) is 14.6. The van der Waals surface area contributed by atoms with Crippen LogP contribution in [-0.2, 0) is 0 Å². The average molecular weight is 432 g/mol. The van der Waals surface area contributed by atoms with Gasteiger partial charge in [0, 0.05) is 17.8 Å². The lowest BCUT2D eigenvalue weighted by atomic mass is 9.95. The summed E-state index contributed by atoms with van der Waals surface area (Å²) in [4.78, 5) is 17.9. The molecule has 0 saturated heterocycles. The molecule has 0 atom stereocenters. The zero-order chi connectivity index (χ0) is 21.2. The summed E-state index contributed by atoms with van der Waals surface area (Å²) in [7, 11) is 0. The minimum atomic E-state index is -0.335. The van der Waals surface area contributed by atoms with Gasteiger partial charge in [0.05, 0.1) is 0 Å². The summed E-state index contributed by atoms with van der Waals surface area (Å²) in [5.74, 6) is 1.19. The highest BCUT2D eigenvalue weighted by atomic mass is 32.1. The lowest BCUT2D eigenvalue weighted by Crippen LogP contribution is -2.23. The van der Waals surface area contributed by atoms with E-state index < -0.39 is 0 Å². The van der Waals surface area contributed by atoms with Crippen LogP contribution in [0.4, 0.5) is 5.82 Å². The predicted octanol–water partition coefficient (Wildman–Crippen LogP) is 6.34. The number of aryl methyl sites for hydroxylation is 1. The summed E-state index contributed by atoms with van der Waals surface area (Å²) < 4.78 is 7.75. The number of nitrogens with one attached hydrogen (secondary N) is 1. The topological polar surface area (TPSA) is 55.6 Å². The highest BCUT2D eigenvalue weighted by Crippen LogP contribution is 2.33. The van der Waals surface area contributed by atoms with Gasteiger partial charge in [0.2, 0.25) is 0 Å². The van der Waals surface area contributed by atoms with Crippen LogP contribution in [0.2, 0.25) is 0 Å². The van der Waals surface area contributed by atoms with Gasteiger partial charge < -0.3 is 10.1 Å². The third kappa shape index (κ3) is 4.21. The molecule has 1 saturated carbocycles. The number of rotatable bonds is 5. The molecular weight excluding hydrogens is 406 g/mol. The minimum Gasteiger partial charge on any atom is -0.422 e. The second-order valence-electron chi connectivity index (χ2n) is 8.12. The molecule has 0 bridgehead atoms. The van der Waals surface area contributed by atoms with Gasteiger partial charge in [-0.05, 0) is 61.0 Å². The second-order valence-corrected chi connectivity index (χ2v) is 9.06. The molecule has 0 aliphatic heterocycles. The molecule has 1 aromatic carbocycles. The lowest BCUT2D eigenvalue weighted by Gasteiger charge is -2.24. The number of aromatic nitrogens is 2. The zero-order valence-corrected chi connectivity index (χ0v) is 18.3. The first kappa shape index (κ1) is 19.8. The Kier molecular flexibility index (Phi) is 5.47. The number of thiophene rings is 1. The van der Waals surface area contributed by atoms with Gasteiger partial charge in [-0.15, -0.1) is 11.3 Å². The molecule has 0 amide bonds. The van der Waals surface area contributed by atoms with Crippen LogP contribution in [0.3, 0.4) is 0 Å². The molecule has 1 N–H and O–H groups in total. The average Bonchev–Trinajstić information content (AvgIpc) is 3.43. The Morgan fingerprint density at radius 1 is 1.13 bits per heavy atom. The van der Waals surface area contributed by atoms with Crippen molar-refractivity contribution in [3.8, 4) is 17.0 Å². The number of ether oxygens (including phenoxy) is 1. The number of carbonyl (C=O) groups is 1. The number of benzene rings is 1. The molecule has 0 unspecified atom stereocenters. The van der Waals surface area contributed by atoms with Crippen molar-refractivity contribution in [2.75, 3.05) is 5.32 Å². The Balaban J connectivity index is 1.51. The smallest absolute Gasteiger partial charge is 0.353 e. The fourth-order valence-corrected chi connectivity index (χ4v) is 4.78. The van der Waals surface area contributed by atoms with E-state index in [4.69, 9.17) is 9.72 Å². The number of hydrogen-bond donors (Lipinski definition) is 1. The fourth-order valence-electron chi connectivity index (χ4n) is 4.18. The molecule has 1 aliphatic carbocycles. The van der Waals surface area contributed by atoms with Gasteiger partial charge in [-0.25, -0.2) is 9.78 Å². The van der Waals surface area contributed by atoms with Crippen molar-refractivity contribution in [3.63, 3.8) is 0 Å². The van der Waals surface area contributed by atoms with E-state index in [0.717, 1.165) is 22.7 Å². The van der Waals surface area contributed by atoms with E-state index in [1.165, 1.54) is 49.0 Å². The number of imidazole rings is 1. The molecule has 6 heteroatoms. The molecular formula is C25H25N3O2S. The summed E-state index contributed by atoms with van der Waals surface area (Å²) in [5, 5.41) is 5.64. The minimum absolute atomic E-state index is 0.335. The maximum atomic E-state index is 12.4. The molecule has 31 heavy (non-hydrogen) atoms. The van der Waals surface area contributed by atoms with E-state index >= 15 is 0 Å². The van der Waals surface area contributed by atoms with Crippen LogP contribution < -0.4 is 10.1 Å². The third-order valence-electron chi connectivity index (χ3n) is 5.77. The second kappa shape index (κ2) is 8.55. The van der Waals surface area contributed by atoms with Crippen LogP contribution in [0.1, 0.15) is 47.3 Å². The molecule has 0 spiro atoms. The van der Waals surface area contributed by atoms with Gasteiger partial charge in [0.15, 0.2) is 0 Å². The molecule has 3 heterocycles. The Morgan fingerprint density at radius 2 is 2.00 bits per heavy atom. The molecule has 3 aromatic heterocycles. The standard InChI is InChI=1S/C25H25N3O2S/c1-17-12-13-28-22(15-17)27-23(24(28)26-19-8-3-2-4-9-19)18-7-5-10-20(16-18)30-25(29)21-11-6-14-31-21/h5-7,10-16,19,26H,2-4,8-9H2,1H3. The first-order valence-electron chi connectivity index (χ1n) is 10.8. The van der Waals surface area contributed by atoms with Crippen LogP contribution in [0, 0.1) is 6.92 Å². The van der Waals surface area contributed by atoms with Gasteiger partial charge in [-0.1, -0.05) is 37.5 Å². The Hall–Kier alpha value is -3.12. The van der Waals surface area contributed by atoms with Crippen molar-refractivity contribution in [1.82, 2.24) is 9.38 Å². The highest BCUT2D eigenvalue weighted by molar-refractivity contribution is 7.12. The number of anilines is 1. The summed E-state index contributed by atoms with van der Waals surface area (Å²) >= 11 is 1.38. The van der Waals surface area contributed by atoms with Crippen LogP contribution in [0.5, 0.6) is 5.75 Å². The van der Waals surface area contributed by atoms with Crippen LogP contribution >= 0.6 is 11.3 Å². The maximum absolute atomic E-state index is 12.4. The van der Waals surface area contributed by atoms with E-state index in [0.29, 0.717) is 16.7 Å². The molecule has 4 aromatic rings.